The van der Waals surface area contributed by atoms with Crippen molar-refractivity contribution in [3.05, 3.63) is 28.3 Å². The summed E-state index contributed by atoms with van der Waals surface area (Å²) >= 11 is 0. The van der Waals surface area contributed by atoms with E-state index >= 15 is 0 Å². The highest BCUT2D eigenvalue weighted by Crippen LogP contribution is 2.33. The third kappa shape index (κ3) is 3.62. The number of hydrogen-bond donors (Lipinski definition) is 1. The number of nitro benzene ring substituents is 1. The van der Waals surface area contributed by atoms with Gasteiger partial charge in [0.05, 0.1) is 17.6 Å². The fourth-order valence-corrected chi connectivity index (χ4v) is 2.40. The van der Waals surface area contributed by atoms with Crippen molar-refractivity contribution in [2.24, 2.45) is 5.92 Å². The summed E-state index contributed by atoms with van der Waals surface area (Å²) < 4.78 is 5.52. The van der Waals surface area contributed by atoms with Crippen LogP contribution in [-0.2, 0) is 0 Å². The van der Waals surface area contributed by atoms with Crippen LogP contribution in [0, 0.1) is 16.0 Å². The summed E-state index contributed by atoms with van der Waals surface area (Å²) in [6.45, 7) is 4.71. The van der Waals surface area contributed by atoms with Gasteiger partial charge in [-0.1, -0.05) is 13.3 Å². The Morgan fingerprint density at radius 1 is 1.45 bits per heavy atom. The van der Waals surface area contributed by atoms with Crippen LogP contribution in [-0.4, -0.2) is 17.6 Å². The number of hydrogen-bond acceptors (Lipinski definition) is 4. The van der Waals surface area contributed by atoms with E-state index in [0.717, 1.165) is 12.1 Å². The van der Waals surface area contributed by atoms with Gasteiger partial charge >= 0.3 is 0 Å². The van der Waals surface area contributed by atoms with Crippen LogP contribution in [0.15, 0.2) is 18.2 Å². The lowest BCUT2D eigenvalue weighted by Crippen LogP contribution is -2.30. The summed E-state index contributed by atoms with van der Waals surface area (Å²) in [5, 5.41) is 14.4. The van der Waals surface area contributed by atoms with Gasteiger partial charge in [-0.2, -0.15) is 0 Å². The maximum Gasteiger partial charge on any atom is 0.275 e. The Morgan fingerprint density at radius 2 is 2.20 bits per heavy atom. The van der Waals surface area contributed by atoms with Crippen molar-refractivity contribution in [1.29, 1.82) is 0 Å². The Hall–Kier alpha value is -1.78. The SMILES string of the molecule is CCCOc1cc(NC(C)C2CCC2)cc([N+](=O)[O-])c1. The monoisotopic (exact) mass is 278 g/mol. The maximum absolute atomic E-state index is 11.0. The molecule has 1 fully saturated rings. The van der Waals surface area contributed by atoms with Crippen molar-refractivity contribution in [2.45, 2.75) is 45.6 Å². The first-order valence-corrected chi connectivity index (χ1v) is 7.29. The van der Waals surface area contributed by atoms with Crippen LogP contribution in [0.5, 0.6) is 5.75 Å². The van der Waals surface area contributed by atoms with Gasteiger partial charge in [0, 0.05) is 23.9 Å². The lowest BCUT2D eigenvalue weighted by molar-refractivity contribution is -0.384. The van der Waals surface area contributed by atoms with Gasteiger partial charge in [-0.3, -0.25) is 10.1 Å². The molecule has 5 nitrogen and oxygen atoms in total. The molecule has 1 unspecified atom stereocenters. The van der Waals surface area contributed by atoms with E-state index in [2.05, 4.69) is 12.2 Å². The number of nitrogens with one attached hydrogen (secondary N) is 1. The van der Waals surface area contributed by atoms with Gasteiger partial charge in [-0.15, -0.1) is 0 Å². The third-order valence-corrected chi connectivity index (χ3v) is 3.83. The average Bonchev–Trinajstić information content (AvgIpc) is 2.33. The molecule has 1 aliphatic rings. The fourth-order valence-electron chi connectivity index (χ4n) is 2.40. The standard InChI is InChI=1S/C15H22N2O3/c1-3-7-20-15-9-13(8-14(10-15)17(18)19)16-11(2)12-5-4-6-12/h8-12,16H,3-7H2,1-2H3. The molecule has 0 saturated heterocycles. The molecule has 0 aliphatic heterocycles. The average molecular weight is 278 g/mol. The Labute approximate surface area is 119 Å². The van der Waals surface area contributed by atoms with E-state index in [1.165, 1.54) is 25.3 Å². The summed E-state index contributed by atoms with van der Waals surface area (Å²) in [5.74, 6) is 1.23. The van der Waals surface area contributed by atoms with E-state index in [9.17, 15) is 10.1 Å². The number of benzene rings is 1. The van der Waals surface area contributed by atoms with Gasteiger partial charge in [0.25, 0.3) is 5.69 Å². The number of non-ortho nitro benzene ring substituents is 1. The normalized spacial score (nSPS) is 16.3. The topological polar surface area (TPSA) is 64.4 Å². The van der Waals surface area contributed by atoms with E-state index in [-0.39, 0.29) is 10.6 Å². The molecule has 0 heterocycles. The summed E-state index contributed by atoms with van der Waals surface area (Å²) in [4.78, 5) is 10.6. The van der Waals surface area contributed by atoms with Crippen LogP contribution in [0.4, 0.5) is 11.4 Å². The van der Waals surface area contributed by atoms with Crippen LogP contribution in [0.3, 0.4) is 0 Å². The van der Waals surface area contributed by atoms with Crippen molar-refractivity contribution >= 4 is 11.4 Å². The van der Waals surface area contributed by atoms with Crippen LogP contribution in [0.2, 0.25) is 0 Å². The van der Waals surface area contributed by atoms with Crippen molar-refractivity contribution in [3.63, 3.8) is 0 Å². The van der Waals surface area contributed by atoms with Crippen molar-refractivity contribution < 1.29 is 9.66 Å². The minimum absolute atomic E-state index is 0.0712. The highest BCUT2D eigenvalue weighted by Gasteiger charge is 2.24. The smallest absolute Gasteiger partial charge is 0.275 e. The molecule has 1 atom stereocenters. The summed E-state index contributed by atoms with van der Waals surface area (Å²) in [7, 11) is 0. The third-order valence-electron chi connectivity index (χ3n) is 3.83. The van der Waals surface area contributed by atoms with Gasteiger partial charge in [0.15, 0.2) is 0 Å². The predicted molar refractivity (Wildman–Crippen MR) is 79.3 cm³/mol. The quantitative estimate of drug-likeness (QED) is 0.605. The number of nitrogens with zero attached hydrogens (tertiary/aromatic N) is 1. The second-order valence-corrected chi connectivity index (χ2v) is 5.45. The molecule has 0 radical (unpaired) electrons. The Bertz CT molecular complexity index is 472. The zero-order valence-electron chi connectivity index (χ0n) is 12.1. The molecule has 1 N–H and O–H groups in total. The van der Waals surface area contributed by atoms with Crippen molar-refractivity contribution in [1.82, 2.24) is 0 Å². The molecule has 0 aromatic heterocycles. The fraction of sp³-hybridized carbons (Fsp3) is 0.600. The first-order chi connectivity index (χ1) is 9.60. The Morgan fingerprint density at radius 3 is 2.75 bits per heavy atom. The Kier molecular flexibility index (Phi) is 4.82. The minimum Gasteiger partial charge on any atom is -0.493 e. The van der Waals surface area contributed by atoms with Gasteiger partial charge in [-0.05, 0) is 32.1 Å². The van der Waals surface area contributed by atoms with Crippen LogP contribution >= 0.6 is 0 Å². The van der Waals surface area contributed by atoms with Crippen molar-refractivity contribution in [2.75, 3.05) is 11.9 Å². The zero-order chi connectivity index (χ0) is 14.5. The number of ether oxygens (including phenoxy) is 1. The molecule has 0 bridgehead atoms. The van der Waals surface area contributed by atoms with Gasteiger partial charge in [-0.25, -0.2) is 0 Å². The molecule has 1 aromatic carbocycles. The van der Waals surface area contributed by atoms with Crippen molar-refractivity contribution in [3.8, 4) is 5.75 Å². The van der Waals surface area contributed by atoms with Crippen LogP contribution in [0.25, 0.3) is 0 Å². The minimum atomic E-state index is -0.377. The first kappa shape index (κ1) is 14.6. The van der Waals surface area contributed by atoms with Crippen LogP contribution < -0.4 is 10.1 Å². The molecule has 1 saturated carbocycles. The maximum atomic E-state index is 11.0. The van der Waals surface area contributed by atoms with E-state index in [0.29, 0.717) is 24.3 Å². The number of rotatable bonds is 7. The predicted octanol–water partition coefficient (Wildman–Crippen LogP) is 3.98. The Balaban J connectivity index is 2.12. The van der Waals surface area contributed by atoms with E-state index in [4.69, 9.17) is 4.74 Å². The summed E-state index contributed by atoms with van der Waals surface area (Å²) in [6.07, 6.45) is 4.64. The molecule has 1 aromatic rings. The summed E-state index contributed by atoms with van der Waals surface area (Å²) in [6, 6.07) is 5.24. The summed E-state index contributed by atoms with van der Waals surface area (Å²) in [5.41, 5.74) is 0.839. The molecule has 0 spiro atoms. The highest BCUT2D eigenvalue weighted by molar-refractivity contribution is 5.56. The lowest BCUT2D eigenvalue weighted by Gasteiger charge is -2.32. The second-order valence-electron chi connectivity index (χ2n) is 5.45. The van der Waals surface area contributed by atoms with Gasteiger partial charge in [0.2, 0.25) is 0 Å². The largest absolute Gasteiger partial charge is 0.493 e. The first-order valence-electron chi connectivity index (χ1n) is 7.29. The van der Waals surface area contributed by atoms with Gasteiger partial charge < -0.3 is 10.1 Å². The second kappa shape index (κ2) is 6.59. The molecule has 5 heteroatoms. The molecular weight excluding hydrogens is 256 g/mol. The molecule has 0 amide bonds. The highest BCUT2D eigenvalue weighted by atomic mass is 16.6. The molecule has 110 valence electrons. The van der Waals surface area contributed by atoms with Crippen LogP contribution in [0.1, 0.15) is 39.5 Å². The van der Waals surface area contributed by atoms with E-state index in [1.807, 2.05) is 13.0 Å². The van der Waals surface area contributed by atoms with E-state index < -0.39 is 0 Å². The molecule has 2 rings (SSSR count). The zero-order valence-corrected chi connectivity index (χ0v) is 12.1. The number of nitro groups is 1. The number of anilines is 1. The lowest BCUT2D eigenvalue weighted by atomic mass is 9.80. The molecule has 1 aliphatic carbocycles. The van der Waals surface area contributed by atoms with E-state index in [1.54, 1.807) is 6.07 Å². The molecule has 20 heavy (non-hydrogen) atoms. The van der Waals surface area contributed by atoms with Gasteiger partial charge in [0.1, 0.15) is 5.75 Å². The molecular formula is C15H22N2O3.